The molecule has 1 N–H and O–H groups in total. The summed E-state index contributed by atoms with van der Waals surface area (Å²) in [5.41, 5.74) is 0. The van der Waals surface area contributed by atoms with Crippen LogP contribution in [0.25, 0.3) is 12.2 Å². The zero-order valence-electron chi connectivity index (χ0n) is 7.36. The summed E-state index contributed by atoms with van der Waals surface area (Å²) in [6, 6.07) is 0. The van der Waals surface area contributed by atoms with Crippen LogP contribution in [-0.4, -0.2) is 16.1 Å². The van der Waals surface area contributed by atoms with Crippen molar-refractivity contribution in [2.75, 3.05) is 0 Å². The predicted molar refractivity (Wildman–Crippen MR) is 45.8 cm³/mol. The molecule has 1 aliphatic carbocycles. The van der Waals surface area contributed by atoms with Crippen molar-refractivity contribution in [2.24, 2.45) is 0 Å². The van der Waals surface area contributed by atoms with Gasteiger partial charge in [0.25, 0.3) is 0 Å². The molecule has 0 radical (unpaired) electrons. The van der Waals surface area contributed by atoms with Crippen LogP contribution < -0.4 is 10.7 Å². The second-order valence-electron chi connectivity index (χ2n) is 3.26. The molecule has 0 fully saturated rings. The van der Waals surface area contributed by atoms with E-state index in [1.165, 1.54) is 0 Å². The Hall–Kier alpha value is -1.26. The van der Waals surface area contributed by atoms with E-state index in [1.54, 1.807) is 0 Å². The van der Waals surface area contributed by atoms with Crippen LogP contribution in [-0.2, 0) is 6.42 Å². The van der Waals surface area contributed by atoms with Gasteiger partial charge in [-0.15, -0.1) is 0 Å². The lowest BCUT2D eigenvalue weighted by molar-refractivity contribution is -0.128. The van der Waals surface area contributed by atoms with Gasteiger partial charge in [-0.25, -0.2) is 4.98 Å². The summed E-state index contributed by atoms with van der Waals surface area (Å²) in [6.45, 7) is 0. The second-order valence-corrected chi connectivity index (χ2v) is 3.26. The maximum Gasteiger partial charge on any atom is 0.396 e. The first-order chi connectivity index (χ1) is 6.54. The molecule has 2 rings (SSSR count). The van der Waals surface area contributed by atoms with Crippen molar-refractivity contribution in [3.05, 3.63) is 16.5 Å². The number of rotatable bonds is 1. The molecule has 1 aliphatic rings. The van der Waals surface area contributed by atoms with Crippen LogP contribution in [0.15, 0.2) is 0 Å². The number of nitrogens with one attached hydrogen (secondary N) is 1. The summed E-state index contributed by atoms with van der Waals surface area (Å²) >= 11 is 0. The quantitative estimate of drug-likeness (QED) is 0.719. The fraction of sp³-hybridized carbons (Fsp3) is 0.444. The molecule has 0 spiro atoms. The van der Waals surface area contributed by atoms with E-state index < -0.39 is 12.6 Å². The summed E-state index contributed by atoms with van der Waals surface area (Å²) in [4.78, 5) is 6.55. The van der Waals surface area contributed by atoms with E-state index in [2.05, 4.69) is 9.97 Å². The first-order valence-corrected chi connectivity index (χ1v) is 4.37. The fourth-order valence-corrected chi connectivity index (χ4v) is 1.49. The minimum absolute atomic E-state index is 0.00287. The fourth-order valence-electron chi connectivity index (χ4n) is 1.49. The number of H-pyrrole nitrogens is 1. The Balaban J connectivity index is 2.35. The standard InChI is InChI=1S/C9H9F3N2/c10-9(11,12)5-8-13-6-3-1-2-4-7(6)14-8/h3-4H,1-2,5H2,(H,13,14). The van der Waals surface area contributed by atoms with Crippen molar-refractivity contribution in [2.45, 2.75) is 25.4 Å². The molecule has 2 nitrogen and oxygen atoms in total. The molecule has 0 saturated carbocycles. The van der Waals surface area contributed by atoms with E-state index in [0.29, 0.717) is 5.35 Å². The molecule has 5 heteroatoms. The Labute approximate surface area is 78.2 Å². The van der Waals surface area contributed by atoms with E-state index in [0.717, 1.165) is 18.2 Å². The number of imidazole rings is 1. The molecule has 1 aromatic heterocycles. The molecule has 0 aromatic carbocycles. The number of alkyl halides is 3. The van der Waals surface area contributed by atoms with Crippen LogP contribution in [0.2, 0.25) is 0 Å². The van der Waals surface area contributed by atoms with Crippen LogP contribution in [0.3, 0.4) is 0 Å². The van der Waals surface area contributed by atoms with Gasteiger partial charge in [-0.1, -0.05) is 12.2 Å². The van der Waals surface area contributed by atoms with Gasteiger partial charge in [0, 0.05) is 0 Å². The Morgan fingerprint density at radius 3 is 2.64 bits per heavy atom. The van der Waals surface area contributed by atoms with Crippen molar-refractivity contribution in [3.8, 4) is 0 Å². The highest BCUT2D eigenvalue weighted by Crippen LogP contribution is 2.18. The normalized spacial score (nSPS) is 15.6. The predicted octanol–water partition coefficient (Wildman–Crippen LogP) is 0.869. The number of halogens is 3. The molecule has 76 valence electrons. The van der Waals surface area contributed by atoms with E-state index in [-0.39, 0.29) is 5.82 Å². The van der Waals surface area contributed by atoms with Gasteiger partial charge in [-0.05, 0) is 12.8 Å². The van der Waals surface area contributed by atoms with Gasteiger partial charge in [0.15, 0.2) is 0 Å². The third-order valence-electron chi connectivity index (χ3n) is 2.03. The van der Waals surface area contributed by atoms with Gasteiger partial charge >= 0.3 is 6.18 Å². The molecular formula is C9H9F3N2. The molecule has 0 amide bonds. The van der Waals surface area contributed by atoms with Crippen LogP contribution in [0.4, 0.5) is 13.2 Å². The van der Waals surface area contributed by atoms with E-state index in [9.17, 15) is 13.2 Å². The van der Waals surface area contributed by atoms with Gasteiger partial charge < -0.3 is 4.98 Å². The largest absolute Gasteiger partial charge is 0.396 e. The maximum absolute atomic E-state index is 12.0. The number of aromatic nitrogens is 2. The minimum Gasteiger partial charge on any atom is -0.342 e. The average molecular weight is 202 g/mol. The third-order valence-corrected chi connectivity index (χ3v) is 2.03. The van der Waals surface area contributed by atoms with Gasteiger partial charge in [0.05, 0.1) is 10.7 Å². The van der Waals surface area contributed by atoms with Crippen molar-refractivity contribution in [1.82, 2.24) is 9.97 Å². The molecule has 0 aliphatic heterocycles. The Kier molecular flexibility index (Phi) is 2.09. The summed E-state index contributed by atoms with van der Waals surface area (Å²) < 4.78 is 36.1. The van der Waals surface area contributed by atoms with Crippen molar-refractivity contribution >= 4 is 12.2 Å². The zero-order chi connectivity index (χ0) is 10.2. The first-order valence-electron chi connectivity index (χ1n) is 4.37. The molecule has 0 saturated heterocycles. The third kappa shape index (κ3) is 1.97. The number of nitrogens with zero attached hydrogens (tertiary/aromatic N) is 1. The molecule has 0 bridgehead atoms. The van der Waals surface area contributed by atoms with Crippen molar-refractivity contribution in [3.63, 3.8) is 0 Å². The SMILES string of the molecule is FC(F)(F)Cc1nc2c([nH]1)=CCCC=2. The highest BCUT2D eigenvalue weighted by molar-refractivity contribution is 5.33. The number of hydrogen-bond acceptors (Lipinski definition) is 1. The van der Waals surface area contributed by atoms with Gasteiger partial charge in [-0.2, -0.15) is 13.2 Å². The monoisotopic (exact) mass is 202 g/mol. The number of fused-ring (bicyclic) bond motifs is 1. The molecule has 0 atom stereocenters. The Morgan fingerprint density at radius 2 is 2.00 bits per heavy atom. The van der Waals surface area contributed by atoms with Gasteiger partial charge in [0.1, 0.15) is 12.2 Å². The lowest BCUT2D eigenvalue weighted by atomic mass is 10.2. The Bertz CT molecular complexity index is 408. The molecular weight excluding hydrogens is 193 g/mol. The maximum atomic E-state index is 12.0. The lowest BCUT2D eigenvalue weighted by Gasteiger charge is -2.01. The van der Waals surface area contributed by atoms with Crippen molar-refractivity contribution in [1.29, 1.82) is 0 Å². The zero-order valence-corrected chi connectivity index (χ0v) is 7.36. The van der Waals surface area contributed by atoms with Crippen LogP contribution in [0, 0.1) is 0 Å². The summed E-state index contributed by atoms with van der Waals surface area (Å²) in [7, 11) is 0. The lowest BCUT2D eigenvalue weighted by Crippen LogP contribution is -2.26. The van der Waals surface area contributed by atoms with Crippen LogP contribution >= 0.6 is 0 Å². The van der Waals surface area contributed by atoms with Crippen LogP contribution in [0.5, 0.6) is 0 Å². The second kappa shape index (κ2) is 3.15. The molecule has 0 unspecified atom stereocenters. The molecule has 1 heterocycles. The van der Waals surface area contributed by atoms with Gasteiger partial charge in [-0.3, -0.25) is 0 Å². The van der Waals surface area contributed by atoms with Crippen LogP contribution in [0.1, 0.15) is 18.7 Å². The number of hydrogen-bond donors (Lipinski definition) is 1. The summed E-state index contributed by atoms with van der Waals surface area (Å²) in [5.74, 6) is -0.00287. The van der Waals surface area contributed by atoms with Crippen molar-refractivity contribution < 1.29 is 13.2 Å². The van der Waals surface area contributed by atoms with E-state index >= 15 is 0 Å². The number of aromatic amines is 1. The van der Waals surface area contributed by atoms with E-state index in [1.807, 2.05) is 12.2 Å². The summed E-state index contributed by atoms with van der Waals surface area (Å²) in [6.07, 6.45) is 0.264. The highest BCUT2D eigenvalue weighted by Gasteiger charge is 2.29. The summed E-state index contributed by atoms with van der Waals surface area (Å²) in [5, 5.41) is 1.37. The van der Waals surface area contributed by atoms with Gasteiger partial charge in [0.2, 0.25) is 0 Å². The topological polar surface area (TPSA) is 28.7 Å². The molecule has 14 heavy (non-hydrogen) atoms. The molecule has 1 aromatic rings. The highest BCUT2D eigenvalue weighted by atomic mass is 19.4. The first kappa shape index (κ1) is 9.30. The smallest absolute Gasteiger partial charge is 0.342 e. The Morgan fingerprint density at radius 1 is 1.29 bits per heavy atom. The van der Waals surface area contributed by atoms with E-state index in [4.69, 9.17) is 0 Å². The average Bonchev–Trinajstić information content (AvgIpc) is 2.42. The minimum atomic E-state index is -4.19.